The first-order valence-electron chi connectivity index (χ1n) is 12.7. The number of hydrogen-bond acceptors (Lipinski definition) is 9. The predicted octanol–water partition coefficient (Wildman–Crippen LogP) is 1.62. The first kappa shape index (κ1) is 32.0. The van der Waals surface area contributed by atoms with E-state index >= 15 is 0 Å². The average Bonchev–Trinajstić information content (AvgIpc) is 2.84. The molecule has 0 aromatic carbocycles. The maximum Gasteiger partial charge on any atom is 0.0701 e. The van der Waals surface area contributed by atoms with Crippen molar-refractivity contribution in [2.24, 2.45) is 5.41 Å². The van der Waals surface area contributed by atoms with Crippen LogP contribution in [0, 0.1) is 5.41 Å². The van der Waals surface area contributed by atoms with E-state index < -0.39 is 0 Å². The second-order valence-corrected chi connectivity index (χ2v) is 8.76. The molecule has 204 valence electrons. The number of hydrogen-bond donors (Lipinski definition) is 1. The molecule has 2 saturated heterocycles. The van der Waals surface area contributed by atoms with Gasteiger partial charge >= 0.3 is 0 Å². The maximum absolute atomic E-state index is 5.73. The molecule has 0 aliphatic carbocycles. The minimum absolute atomic E-state index is 0. The first-order chi connectivity index (χ1) is 16.3. The van der Waals surface area contributed by atoms with E-state index in [1.54, 1.807) is 7.11 Å². The lowest BCUT2D eigenvalue weighted by Gasteiger charge is -2.44. The lowest BCUT2D eigenvalue weighted by Crippen LogP contribution is -2.46. The predicted molar refractivity (Wildman–Crippen MR) is 134 cm³/mol. The quantitative estimate of drug-likeness (QED) is 0.231. The van der Waals surface area contributed by atoms with Gasteiger partial charge in [-0.15, -0.1) is 12.4 Å². The van der Waals surface area contributed by atoms with Crippen LogP contribution in [0.2, 0.25) is 0 Å². The van der Waals surface area contributed by atoms with Crippen molar-refractivity contribution in [1.82, 2.24) is 10.2 Å². The zero-order chi connectivity index (χ0) is 23.3. The van der Waals surface area contributed by atoms with Crippen molar-refractivity contribution in [2.45, 2.75) is 25.7 Å². The number of rotatable bonds is 21. The summed E-state index contributed by atoms with van der Waals surface area (Å²) < 4.78 is 37.8. The van der Waals surface area contributed by atoms with Gasteiger partial charge in [0.25, 0.3) is 0 Å². The molecule has 10 heteroatoms. The third kappa shape index (κ3) is 15.8. The van der Waals surface area contributed by atoms with Crippen molar-refractivity contribution in [1.29, 1.82) is 0 Å². The van der Waals surface area contributed by atoms with Crippen LogP contribution in [0.4, 0.5) is 0 Å². The first-order valence-corrected chi connectivity index (χ1v) is 12.7. The molecular weight excluding hydrogens is 464 g/mol. The highest BCUT2D eigenvalue weighted by molar-refractivity contribution is 5.85. The average molecular weight is 513 g/mol. The summed E-state index contributed by atoms with van der Waals surface area (Å²) in [5.74, 6) is 0. The van der Waals surface area contributed by atoms with Crippen LogP contribution in [0.15, 0.2) is 0 Å². The van der Waals surface area contributed by atoms with Gasteiger partial charge in [0.15, 0.2) is 0 Å². The fourth-order valence-electron chi connectivity index (χ4n) is 4.25. The minimum atomic E-state index is 0. The molecule has 0 amide bonds. The van der Waals surface area contributed by atoms with Crippen LogP contribution in [0.1, 0.15) is 25.7 Å². The van der Waals surface area contributed by atoms with Crippen LogP contribution >= 0.6 is 12.4 Å². The number of ether oxygens (including phenoxy) is 7. The van der Waals surface area contributed by atoms with Gasteiger partial charge in [-0.2, -0.15) is 0 Å². The number of nitrogens with zero attached hydrogens (tertiary/aromatic N) is 1. The molecule has 1 N–H and O–H groups in total. The molecule has 0 radical (unpaired) electrons. The largest absolute Gasteiger partial charge is 0.382 e. The Bertz CT molecular complexity index is 436. The lowest BCUT2D eigenvalue weighted by molar-refractivity contribution is -0.0204. The van der Waals surface area contributed by atoms with E-state index in [-0.39, 0.29) is 12.4 Å². The zero-order valence-electron chi connectivity index (χ0n) is 21.3. The molecule has 0 bridgehead atoms. The molecule has 0 aromatic heterocycles. The van der Waals surface area contributed by atoms with Crippen LogP contribution in [-0.2, 0) is 33.2 Å². The Morgan fingerprint density at radius 2 is 0.941 bits per heavy atom. The number of piperidine rings is 2. The standard InChI is InChI=1S/C24H48N2O7.ClH/c1-27-12-13-29-16-17-31-20-21-33-23-22-32-19-18-30-15-14-28-11-10-26-8-4-24(5-9-26)2-6-25-7-3-24;/h25H,2-23H2,1H3;1H. The van der Waals surface area contributed by atoms with Gasteiger partial charge in [0.05, 0.1) is 85.9 Å². The van der Waals surface area contributed by atoms with Crippen LogP contribution in [0.5, 0.6) is 0 Å². The third-order valence-corrected chi connectivity index (χ3v) is 6.42. The van der Waals surface area contributed by atoms with E-state index in [2.05, 4.69) is 10.2 Å². The number of nitrogens with one attached hydrogen (secondary N) is 1. The molecule has 2 fully saturated rings. The molecule has 9 nitrogen and oxygen atoms in total. The molecule has 0 atom stereocenters. The highest BCUT2D eigenvalue weighted by Gasteiger charge is 2.35. The van der Waals surface area contributed by atoms with Crippen molar-refractivity contribution in [2.75, 3.05) is 126 Å². The topological polar surface area (TPSA) is 79.9 Å². The SMILES string of the molecule is COCCOCCOCCOCCOCCOCCOCCN1CCC2(CCNCC2)CC1.Cl. The fourth-order valence-corrected chi connectivity index (χ4v) is 4.25. The normalized spacial score (nSPS) is 18.3. The zero-order valence-corrected chi connectivity index (χ0v) is 22.1. The molecule has 0 saturated carbocycles. The van der Waals surface area contributed by atoms with Gasteiger partial charge in [-0.1, -0.05) is 0 Å². The summed E-state index contributed by atoms with van der Waals surface area (Å²) in [5.41, 5.74) is 0.624. The summed E-state index contributed by atoms with van der Waals surface area (Å²) in [4.78, 5) is 2.55. The molecule has 1 spiro atoms. The number of methoxy groups -OCH3 is 1. The summed E-state index contributed by atoms with van der Waals surface area (Å²) in [6, 6.07) is 0. The van der Waals surface area contributed by atoms with Crippen LogP contribution in [0.3, 0.4) is 0 Å². The minimum Gasteiger partial charge on any atom is -0.382 e. The van der Waals surface area contributed by atoms with Gasteiger partial charge in [0.2, 0.25) is 0 Å². The summed E-state index contributed by atoms with van der Waals surface area (Å²) >= 11 is 0. The van der Waals surface area contributed by atoms with E-state index in [1.807, 2.05) is 0 Å². The van der Waals surface area contributed by atoms with Gasteiger partial charge in [-0.05, 0) is 57.3 Å². The molecule has 34 heavy (non-hydrogen) atoms. The van der Waals surface area contributed by atoms with Crippen molar-refractivity contribution in [3.05, 3.63) is 0 Å². The van der Waals surface area contributed by atoms with Crippen LogP contribution < -0.4 is 5.32 Å². The highest BCUT2D eigenvalue weighted by atomic mass is 35.5. The maximum atomic E-state index is 5.73. The van der Waals surface area contributed by atoms with Gasteiger partial charge < -0.3 is 43.4 Å². The van der Waals surface area contributed by atoms with Crippen molar-refractivity contribution in [3.63, 3.8) is 0 Å². The summed E-state index contributed by atoms with van der Waals surface area (Å²) in [6.45, 7) is 13.7. The van der Waals surface area contributed by atoms with E-state index in [4.69, 9.17) is 33.2 Å². The molecular formula is C24H49ClN2O7. The van der Waals surface area contributed by atoms with E-state index in [1.165, 1.54) is 51.9 Å². The Hall–Kier alpha value is -0.0700. The Balaban J connectivity index is 0.00000578. The van der Waals surface area contributed by atoms with Gasteiger partial charge in [0, 0.05) is 13.7 Å². The molecule has 2 heterocycles. The Kier molecular flexibility index (Phi) is 20.8. The summed E-state index contributed by atoms with van der Waals surface area (Å²) in [7, 11) is 1.66. The highest BCUT2D eigenvalue weighted by Crippen LogP contribution is 2.39. The van der Waals surface area contributed by atoms with Crippen molar-refractivity contribution < 1.29 is 33.2 Å². The van der Waals surface area contributed by atoms with Crippen molar-refractivity contribution in [3.8, 4) is 0 Å². The molecule has 0 unspecified atom stereocenters. The summed E-state index contributed by atoms with van der Waals surface area (Å²) in [5, 5.41) is 3.49. The Labute approximate surface area is 212 Å². The molecule has 2 aliphatic heterocycles. The molecule has 0 aromatic rings. The number of likely N-dealkylation sites (tertiary alicyclic amines) is 1. The second kappa shape index (κ2) is 22.2. The van der Waals surface area contributed by atoms with Crippen LogP contribution in [-0.4, -0.2) is 131 Å². The fraction of sp³-hybridized carbons (Fsp3) is 1.00. The van der Waals surface area contributed by atoms with Gasteiger partial charge in [-0.25, -0.2) is 0 Å². The Morgan fingerprint density at radius 1 is 0.559 bits per heavy atom. The summed E-state index contributed by atoms with van der Waals surface area (Å²) in [6.07, 6.45) is 5.41. The van der Waals surface area contributed by atoms with Gasteiger partial charge in [-0.3, -0.25) is 0 Å². The smallest absolute Gasteiger partial charge is 0.0701 e. The molecule has 2 aliphatic rings. The number of halogens is 1. The van der Waals surface area contributed by atoms with E-state index in [9.17, 15) is 0 Å². The molecule has 2 rings (SSSR count). The van der Waals surface area contributed by atoms with E-state index in [0.29, 0.717) is 84.7 Å². The second-order valence-electron chi connectivity index (χ2n) is 8.76. The third-order valence-electron chi connectivity index (χ3n) is 6.42. The monoisotopic (exact) mass is 512 g/mol. The van der Waals surface area contributed by atoms with Gasteiger partial charge in [0.1, 0.15) is 0 Å². The van der Waals surface area contributed by atoms with Crippen LogP contribution in [0.25, 0.3) is 0 Å². The Morgan fingerprint density at radius 3 is 1.35 bits per heavy atom. The van der Waals surface area contributed by atoms with E-state index in [0.717, 1.165) is 13.2 Å². The van der Waals surface area contributed by atoms with Crippen molar-refractivity contribution >= 4 is 12.4 Å². The lowest BCUT2D eigenvalue weighted by atomic mass is 9.71.